The number of hydrogen-bond donors (Lipinski definition) is 2. The fourth-order valence-corrected chi connectivity index (χ4v) is 3.96. The van der Waals surface area contributed by atoms with Crippen LogP contribution in [0, 0.1) is 11.7 Å². The molecule has 0 spiro atoms. The molecule has 1 aromatic rings. The third-order valence-electron chi connectivity index (χ3n) is 5.21. The lowest BCUT2D eigenvalue weighted by atomic mass is 10.2. The van der Waals surface area contributed by atoms with Crippen molar-refractivity contribution in [2.45, 2.75) is 39.3 Å². The molecule has 2 aliphatic heterocycles. The van der Waals surface area contributed by atoms with Crippen molar-refractivity contribution < 1.29 is 9.13 Å². The molecule has 0 amide bonds. The zero-order valence-electron chi connectivity index (χ0n) is 18.3. The number of rotatable bonds is 7. The van der Waals surface area contributed by atoms with Gasteiger partial charge in [-0.2, -0.15) is 0 Å². The first-order valence-electron chi connectivity index (χ1n) is 10.8. The number of nitrogens with zero attached hydrogens (tertiary/aromatic N) is 4. The number of pyridine rings is 1. The number of ether oxygens (including phenoxy) is 1. The van der Waals surface area contributed by atoms with Crippen LogP contribution >= 0.6 is 24.0 Å². The number of hydrogen-bond acceptors (Lipinski definition) is 5. The van der Waals surface area contributed by atoms with E-state index in [0.717, 1.165) is 51.7 Å². The normalized spacial score (nSPS) is 22.8. The van der Waals surface area contributed by atoms with Crippen molar-refractivity contribution in [2.24, 2.45) is 10.9 Å². The predicted molar refractivity (Wildman–Crippen MR) is 130 cm³/mol. The van der Waals surface area contributed by atoms with Gasteiger partial charge in [0.25, 0.3) is 0 Å². The standard InChI is InChI=1S/C21H35FN6O.HI/c1-4-23-21(25-12-18-15-27(10-11-29-18)13-16(2)3)26-17-7-9-28(14-17)20-19(22)6-5-8-24-20;/h5-6,8,16-18H,4,7,9-15H2,1-3H3,(H2,23,25,26);1H. The summed E-state index contributed by atoms with van der Waals surface area (Å²) >= 11 is 0. The van der Waals surface area contributed by atoms with Crippen molar-refractivity contribution in [2.75, 3.05) is 57.3 Å². The molecule has 0 aliphatic carbocycles. The van der Waals surface area contributed by atoms with Crippen molar-refractivity contribution in [3.63, 3.8) is 0 Å². The summed E-state index contributed by atoms with van der Waals surface area (Å²) in [6, 6.07) is 3.29. The lowest BCUT2D eigenvalue weighted by Gasteiger charge is -2.33. The molecule has 2 atom stereocenters. The van der Waals surface area contributed by atoms with Crippen molar-refractivity contribution in [1.29, 1.82) is 0 Å². The molecule has 9 heteroatoms. The Morgan fingerprint density at radius 1 is 1.37 bits per heavy atom. The highest BCUT2D eigenvalue weighted by Crippen LogP contribution is 2.20. The van der Waals surface area contributed by atoms with E-state index in [0.29, 0.717) is 24.8 Å². The number of aromatic nitrogens is 1. The molecule has 170 valence electrons. The van der Waals surface area contributed by atoms with Crippen LogP contribution in [0.5, 0.6) is 0 Å². The van der Waals surface area contributed by atoms with Gasteiger partial charge in [0.1, 0.15) is 0 Å². The van der Waals surface area contributed by atoms with Crippen molar-refractivity contribution in [3.8, 4) is 0 Å². The van der Waals surface area contributed by atoms with E-state index in [1.54, 1.807) is 12.3 Å². The number of halogens is 2. The van der Waals surface area contributed by atoms with Crippen LogP contribution in [0.25, 0.3) is 0 Å². The van der Waals surface area contributed by atoms with E-state index in [1.807, 2.05) is 4.90 Å². The fourth-order valence-electron chi connectivity index (χ4n) is 3.96. The van der Waals surface area contributed by atoms with Gasteiger partial charge in [-0.15, -0.1) is 24.0 Å². The van der Waals surface area contributed by atoms with E-state index in [2.05, 4.69) is 41.3 Å². The maximum atomic E-state index is 14.0. The second kappa shape index (κ2) is 12.6. The third kappa shape index (κ3) is 7.49. The van der Waals surface area contributed by atoms with Gasteiger partial charge in [-0.1, -0.05) is 13.8 Å². The topological polar surface area (TPSA) is 65.0 Å². The lowest BCUT2D eigenvalue weighted by Crippen LogP contribution is -2.47. The Hall–Kier alpha value is -1.20. The molecule has 2 N–H and O–H groups in total. The predicted octanol–water partition coefficient (Wildman–Crippen LogP) is 2.33. The molecule has 0 bridgehead atoms. The van der Waals surface area contributed by atoms with Gasteiger partial charge in [0.2, 0.25) is 0 Å². The molecule has 2 aliphatic rings. The van der Waals surface area contributed by atoms with Crippen LogP contribution in [0.15, 0.2) is 23.3 Å². The highest BCUT2D eigenvalue weighted by molar-refractivity contribution is 14.0. The van der Waals surface area contributed by atoms with Crippen LogP contribution in [0.4, 0.5) is 10.2 Å². The van der Waals surface area contributed by atoms with E-state index >= 15 is 0 Å². The monoisotopic (exact) mass is 534 g/mol. The minimum Gasteiger partial charge on any atom is -0.374 e. The van der Waals surface area contributed by atoms with Crippen LogP contribution in [-0.2, 0) is 4.74 Å². The smallest absolute Gasteiger partial charge is 0.191 e. The molecule has 30 heavy (non-hydrogen) atoms. The van der Waals surface area contributed by atoms with Gasteiger partial charge in [0.05, 0.1) is 19.3 Å². The molecular formula is C21H36FIN6O. The molecule has 0 aromatic carbocycles. The van der Waals surface area contributed by atoms with E-state index in [-0.39, 0.29) is 41.9 Å². The Morgan fingerprint density at radius 2 is 2.20 bits per heavy atom. The summed E-state index contributed by atoms with van der Waals surface area (Å²) in [5, 5.41) is 6.82. The molecule has 3 rings (SSSR count). The molecule has 0 radical (unpaired) electrons. The fraction of sp³-hybridized carbons (Fsp3) is 0.714. The van der Waals surface area contributed by atoms with Gasteiger partial charge in [-0.25, -0.2) is 9.37 Å². The summed E-state index contributed by atoms with van der Waals surface area (Å²) in [5.74, 6) is 1.62. The quantitative estimate of drug-likeness (QED) is 0.318. The first kappa shape index (κ1) is 25.1. The number of aliphatic imine (C=N–C) groups is 1. The number of nitrogens with one attached hydrogen (secondary N) is 2. The molecule has 1 aromatic heterocycles. The Kier molecular flexibility index (Phi) is 10.5. The Morgan fingerprint density at radius 3 is 2.93 bits per heavy atom. The van der Waals surface area contributed by atoms with E-state index < -0.39 is 0 Å². The highest BCUT2D eigenvalue weighted by atomic mass is 127. The number of morpholine rings is 1. The highest BCUT2D eigenvalue weighted by Gasteiger charge is 2.26. The van der Waals surface area contributed by atoms with E-state index in [4.69, 9.17) is 9.73 Å². The molecule has 2 unspecified atom stereocenters. The van der Waals surface area contributed by atoms with Crippen LogP contribution in [0.3, 0.4) is 0 Å². The van der Waals surface area contributed by atoms with E-state index in [1.165, 1.54) is 6.07 Å². The van der Waals surface area contributed by atoms with Crippen LogP contribution < -0.4 is 15.5 Å². The van der Waals surface area contributed by atoms with Crippen molar-refractivity contribution in [3.05, 3.63) is 24.1 Å². The molecule has 7 nitrogen and oxygen atoms in total. The third-order valence-corrected chi connectivity index (χ3v) is 5.21. The first-order chi connectivity index (χ1) is 14.0. The van der Waals surface area contributed by atoms with Crippen molar-refractivity contribution >= 4 is 35.8 Å². The van der Waals surface area contributed by atoms with Crippen LogP contribution in [0.1, 0.15) is 27.2 Å². The summed E-state index contributed by atoms with van der Waals surface area (Å²) in [6.45, 7) is 13.3. The van der Waals surface area contributed by atoms with Gasteiger partial charge >= 0.3 is 0 Å². The summed E-state index contributed by atoms with van der Waals surface area (Å²) in [5.41, 5.74) is 0. The average Bonchev–Trinajstić information content (AvgIpc) is 3.15. The zero-order valence-corrected chi connectivity index (χ0v) is 20.6. The van der Waals surface area contributed by atoms with E-state index in [9.17, 15) is 4.39 Å². The SMILES string of the molecule is CCNC(=NCC1CN(CC(C)C)CCO1)NC1CCN(c2ncccc2F)C1.I. The maximum Gasteiger partial charge on any atom is 0.191 e. The van der Waals surface area contributed by atoms with Crippen LogP contribution in [0.2, 0.25) is 0 Å². The largest absolute Gasteiger partial charge is 0.374 e. The second-order valence-corrected chi connectivity index (χ2v) is 8.25. The Bertz CT molecular complexity index is 677. The van der Waals surface area contributed by atoms with Crippen LogP contribution in [-0.4, -0.2) is 80.4 Å². The van der Waals surface area contributed by atoms with Crippen molar-refractivity contribution in [1.82, 2.24) is 20.5 Å². The first-order valence-corrected chi connectivity index (χ1v) is 10.8. The average molecular weight is 534 g/mol. The Balaban J connectivity index is 0.00000320. The molecule has 0 saturated carbocycles. The van der Waals surface area contributed by atoms with Gasteiger partial charge < -0.3 is 20.3 Å². The Labute approximate surface area is 196 Å². The minimum absolute atomic E-state index is 0. The molecular weight excluding hydrogens is 498 g/mol. The zero-order chi connectivity index (χ0) is 20.6. The molecule has 2 fully saturated rings. The second-order valence-electron chi connectivity index (χ2n) is 8.25. The number of guanidine groups is 1. The number of anilines is 1. The summed E-state index contributed by atoms with van der Waals surface area (Å²) in [7, 11) is 0. The summed E-state index contributed by atoms with van der Waals surface area (Å²) in [6.07, 6.45) is 2.68. The van der Waals surface area contributed by atoms with Gasteiger partial charge in [-0.3, -0.25) is 9.89 Å². The molecule has 2 saturated heterocycles. The van der Waals surface area contributed by atoms with Gasteiger partial charge in [0.15, 0.2) is 17.6 Å². The summed E-state index contributed by atoms with van der Waals surface area (Å²) < 4.78 is 19.9. The lowest BCUT2D eigenvalue weighted by molar-refractivity contribution is -0.0262. The van der Waals surface area contributed by atoms with Gasteiger partial charge in [0, 0.05) is 51.5 Å². The van der Waals surface area contributed by atoms with Gasteiger partial charge in [-0.05, 0) is 31.4 Å². The minimum atomic E-state index is -0.269. The maximum absolute atomic E-state index is 14.0. The summed E-state index contributed by atoms with van der Waals surface area (Å²) in [4.78, 5) is 13.4. The molecule has 3 heterocycles.